The molecule has 19 heavy (non-hydrogen) atoms. The monoisotopic (exact) mass is 296 g/mol. The molecule has 0 N–H and O–H groups in total. The van der Waals surface area contributed by atoms with Gasteiger partial charge in [0.05, 0.1) is 0 Å². The van der Waals surface area contributed by atoms with Crippen molar-refractivity contribution >= 4 is 0 Å². The maximum absolute atomic E-state index is 12.6. The fraction of sp³-hybridized carbons (Fsp3) is 0.400. The highest BCUT2D eigenvalue weighted by molar-refractivity contribution is 5.32. The molecule has 1 aromatic carbocycles. The molecule has 0 atom stereocenters. The molecule has 0 fully saturated rings. The summed E-state index contributed by atoms with van der Waals surface area (Å²) >= 11 is 0. The zero-order valence-corrected chi connectivity index (χ0v) is 8.79. The summed E-state index contributed by atoms with van der Waals surface area (Å²) in [6.07, 6.45) is -19.7. The van der Waals surface area contributed by atoms with Crippen molar-refractivity contribution in [3.8, 4) is 0 Å². The van der Waals surface area contributed by atoms with E-state index in [4.69, 9.17) is 0 Å². The Morgan fingerprint density at radius 2 is 0.842 bits per heavy atom. The standard InChI is InChI=1S/C10H5F9/c11-8(12,13)7(9(14,15)16,10(17,18)19)6-4-2-1-3-5-6/h1-5H. The van der Waals surface area contributed by atoms with E-state index in [0.29, 0.717) is 12.1 Å². The number of rotatable bonds is 1. The molecule has 0 spiro atoms. The van der Waals surface area contributed by atoms with Gasteiger partial charge in [-0.2, -0.15) is 39.5 Å². The van der Waals surface area contributed by atoms with Gasteiger partial charge in [-0.25, -0.2) is 0 Å². The Labute approximate surface area is 100 Å². The van der Waals surface area contributed by atoms with Crippen LogP contribution in [0, 0.1) is 0 Å². The van der Waals surface area contributed by atoms with E-state index >= 15 is 0 Å². The van der Waals surface area contributed by atoms with Crippen LogP contribution in [0.4, 0.5) is 39.5 Å². The second kappa shape index (κ2) is 4.31. The summed E-state index contributed by atoms with van der Waals surface area (Å²) in [4.78, 5) is 0. The van der Waals surface area contributed by atoms with Gasteiger partial charge in [0.15, 0.2) is 0 Å². The summed E-state index contributed by atoms with van der Waals surface area (Å²) in [5.41, 5.74) is -7.81. The lowest BCUT2D eigenvalue weighted by atomic mass is 9.78. The molecule has 0 bridgehead atoms. The van der Waals surface area contributed by atoms with E-state index in [1.54, 1.807) is 0 Å². The lowest BCUT2D eigenvalue weighted by molar-refractivity contribution is -0.387. The third-order valence-corrected chi connectivity index (χ3v) is 2.48. The Balaban J connectivity index is 3.76. The molecule has 0 unspecified atom stereocenters. The van der Waals surface area contributed by atoms with E-state index in [1.807, 2.05) is 0 Å². The molecule has 0 aromatic heterocycles. The quantitative estimate of drug-likeness (QED) is 0.664. The van der Waals surface area contributed by atoms with Gasteiger partial charge in [-0.3, -0.25) is 0 Å². The lowest BCUT2D eigenvalue weighted by Crippen LogP contribution is -2.63. The minimum absolute atomic E-state index is 0.147. The van der Waals surface area contributed by atoms with Crippen molar-refractivity contribution < 1.29 is 39.5 Å². The van der Waals surface area contributed by atoms with E-state index in [0.717, 1.165) is 6.07 Å². The molecule has 9 heteroatoms. The van der Waals surface area contributed by atoms with E-state index in [1.165, 1.54) is 0 Å². The largest absolute Gasteiger partial charge is 0.416 e. The third kappa shape index (κ3) is 2.25. The molecule has 0 aliphatic carbocycles. The van der Waals surface area contributed by atoms with E-state index in [9.17, 15) is 39.5 Å². The molecule has 1 aromatic rings. The van der Waals surface area contributed by atoms with Crippen molar-refractivity contribution in [2.24, 2.45) is 0 Å². The molecule has 1 rings (SSSR count). The molecule has 108 valence electrons. The molecule has 0 aliphatic heterocycles. The molecular weight excluding hydrogens is 291 g/mol. The van der Waals surface area contributed by atoms with Crippen molar-refractivity contribution in [3.05, 3.63) is 35.9 Å². The smallest absolute Gasteiger partial charge is 0.169 e. The van der Waals surface area contributed by atoms with Gasteiger partial charge in [0.25, 0.3) is 5.41 Å². The van der Waals surface area contributed by atoms with E-state index in [2.05, 4.69) is 0 Å². The van der Waals surface area contributed by atoms with Crippen molar-refractivity contribution in [2.45, 2.75) is 23.9 Å². The zero-order valence-electron chi connectivity index (χ0n) is 8.79. The number of hydrogen-bond acceptors (Lipinski definition) is 0. The predicted molar refractivity (Wildman–Crippen MR) is 46.3 cm³/mol. The van der Waals surface area contributed by atoms with Crippen LogP contribution in [-0.4, -0.2) is 18.5 Å². The number of benzene rings is 1. The van der Waals surface area contributed by atoms with Crippen LogP contribution >= 0.6 is 0 Å². The third-order valence-electron chi connectivity index (χ3n) is 2.48. The second-order valence-corrected chi connectivity index (χ2v) is 3.61. The average Bonchev–Trinajstić information content (AvgIpc) is 2.12. The Bertz CT molecular complexity index is 387. The minimum Gasteiger partial charge on any atom is -0.169 e. The zero-order chi connectivity index (χ0) is 15.1. The first-order valence-electron chi connectivity index (χ1n) is 4.61. The molecule has 0 saturated heterocycles. The normalized spacial score (nSPS) is 14.6. The van der Waals surface area contributed by atoms with E-state index < -0.39 is 29.5 Å². The number of hydrogen-bond donors (Lipinski definition) is 0. The summed E-state index contributed by atoms with van der Waals surface area (Å²) in [5.74, 6) is 0. The van der Waals surface area contributed by atoms with Gasteiger partial charge in [0.1, 0.15) is 0 Å². The van der Waals surface area contributed by atoms with Gasteiger partial charge in [-0.1, -0.05) is 30.3 Å². The molecule has 0 aliphatic rings. The lowest BCUT2D eigenvalue weighted by Gasteiger charge is -2.38. The van der Waals surface area contributed by atoms with Gasteiger partial charge in [-0.15, -0.1) is 0 Å². The van der Waals surface area contributed by atoms with Crippen molar-refractivity contribution in [1.29, 1.82) is 0 Å². The Kier molecular flexibility index (Phi) is 3.55. The highest BCUT2D eigenvalue weighted by Gasteiger charge is 2.84. The average molecular weight is 296 g/mol. The highest BCUT2D eigenvalue weighted by atomic mass is 19.4. The van der Waals surface area contributed by atoms with Gasteiger partial charge < -0.3 is 0 Å². The van der Waals surface area contributed by atoms with E-state index in [-0.39, 0.29) is 12.1 Å². The van der Waals surface area contributed by atoms with Crippen LogP contribution < -0.4 is 0 Å². The maximum atomic E-state index is 12.6. The van der Waals surface area contributed by atoms with Crippen LogP contribution in [0.25, 0.3) is 0 Å². The Morgan fingerprint density at radius 1 is 0.526 bits per heavy atom. The maximum Gasteiger partial charge on any atom is 0.416 e. The fourth-order valence-electron chi connectivity index (χ4n) is 1.66. The molecule has 0 amide bonds. The number of halogens is 9. The molecule has 0 heterocycles. The number of alkyl halides is 9. The topological polar surface area (TPSA) is 0 Å². The van der Waals surface area contributed by atoms with Gasteiger partial charge in [-0.05, 0) is 5.56 Å². The first-order chi connectivity index (χ1) is 8.36. The first kappa shape index (κ1) is 15.6. The van der Waals surface area contributed by atoms with Crippen molar-refractivity contribution in [3.63, 3.8) is 0 Å². The molecule has 0 radical (unpaired) electrons. The van der Waals surface area contributed by atoms with Crippen LogP contribution in [0.15, 0.2) is 30.3 Å². The summed E-state index contributed by atoms with van der Waals surface area (Å²) in [6.45, 7) is 0. The minimum atomic E-state index is -6.56. The Hall–Kier alpha value is -1.41. The van der Waals surface area contributed by atoms with Crippen LogP contribution in [0.2, 0.25) is 0 Å². The van der Waals surface area contributed by atoms with Gasteiger partial charge >= 0.3 is 18.5 Å². The molecular formula is C10H5F9. The highest BCUT2D eigenvalue weighted by Crippen LogP contribution is 2.60. The predicted octanol–water partition coefficient (Wildman–Crippen LogP) is 4.61. The van der Waals surface area contributed by atoms with Crippen molar-refractivity contribution in [1.82, 2.24) is 0 Å². The first-order valence-corrected chi connectivity index (χ1v) is 4.61. The molecule has 0 nitrogen and oxygen atoms in total. The van der Waals surface area contributed by atoms with Crippen molar-refractivity contribution in [2.75, 3.05) is 0 Å². The molecule has 0 saturated carbocycles. The van der Waals surface area contributed by atoms with Gasteiger partial charge in [0.2, 0.25) is 0 Å². The summed E-state index contributed by atoms with van der Waals surface area (Å²) in [6, 6.07) is 2.65. The van der Waals surface area contributed by atoms with Crippen LogP contribution in [-0.2, 0) is 5.41 Å². The summed E-state index contributed by atoms with van der Waals surface area (Å²) < 4.78 is 114. The SMILES string of the molecule is FC(F)(F)C(c1ccccc1)(C(F)(F)F)C(F)(F)F. The second-order valence-electron chi connectivity index (χ2n) is 3.61. The fourth-order valence-corrected chi connectivity index (χ4v) is 1.66. The van der Waals surface area contributed by atoms with Crippen LogP contribution in [0.1, 0.15) is 5.56 Å². The van der Waals surface area contributed by atoms with Gasteiger partial charge in [0, 0.05) is 0 Å². The van der Waals surface area contributed by atoms with Crippen LogP contribution in [0.3, 0.4) is 0 Å². The summed E-state index contributed by atoms with van der Waals surface area (Å²) in [7, 11) is 0. The van der Waals surface area contributed by atoms with Crippen LogP contribution in [0.5, 0.6) is 0 Å². The summed E-state index contributed by atoms with van der Waals surface area (Å²) in [5, 5.41) is 0. The Morgan fingerprint density at radius 3 is 1.11 bits per heavy atom.